The fourth-order valence-electron chi connectivity index (χ4n) is 2.75. The number of aryl methyl sites for hydroxylation is 1. The maximum absolute atomic E-state index is 12.4. The van der Waals surface area contributed by atoms with Gasteiger partial charge in [-0.25, -0.2) is 0 Å². The zero-order valence-corrected chi connectivity index (χ0v) is 14.2. The molecule has 1 amide bonds. The maximum Gasteiger partial charge on any atom is 0.251 e. The summed E-state index contributed by atoms with van der Waals surface area (Å²) in [5.41, 5.74) is 3.66. The molecular weight excluding hydrogens is 324 g/mol. The lowest BCUT2D eigenvalue weighted by Gasteiger charge is -2.07. The molecule has 0 bridgehead atoms. The molecule has 4 nitrogen and oxygen atoms in total. The highest BCUT2D eigenvalue weighted by Crippen LogP contribution is 2.23. The smallest absolute Gasteiger partial charge is 0.251 e. The molecule has 2 N–H and O–H groups in total. The fourth-order valence-corrected chi connectivity index (χ4v) is 2.95. The highest BCUT2D eigenvalue weighted by molar-refractivity contribution is 6.31. The van der Waals surface area contributed by atoms with Crippen LogP contribution in [-0.4, -0.2) is 16.7 Å². The molecule has 0 saturated carbocycles. The Morgan fingerprint density at radius 2 is 1.92 bits per heavy atom. The molecule has 2 aromatic carbocycles. The van der Waals surface area contributed by atoms with Crippen molar-refractivity contribution >= 4 is 34.2 Å². The lowest BCUT2D eigenvalue weighted by molar-refractivity contribution is 0.0950. The van der Waals surface area contributed by atoms with Gasteiger partial charge in [-0.1, -0.05) is 35.9 Å². The maximum atomic E-state index is 12.4. The molecule has 0 aliphatic carbocycles. The number of ketones is 1. The summed E-state index contributed by atoms with van der Waals surface area (Å²) >= 11 is 6.09. The monoisotopic (exact) mass is 340 g/mol. The number of nitrogens with one attached hydrogen (secondary N) is 2. The number of rotatable bonds is 4. The summed E-state index contributed by atoms with van der Waals surface area (Å²) in [6.45, 7) is 3.78. The van der Waals surface area contributed by atoms with E-state index < -0.39 is 0 Å². The second-order valence-corrected chi connectivity index (χ2v) is 6.12. The van der Waals surface area contributed by atoms with Crippen LogP contribution in [0.5, 0.6) is 0 Å². The molecule has 3 aromatic rings. The molecule has 0 spiro atoms. The number of amides is 1. The number of fused-ring (bicyclic) bond motifs is 1. The van der Waals surface area contributed by atoms with Crippen LogP contribution in [0.4, 0.5) is 0 Å². The van der Waals surface area contributed by atoms with E-state index >= 15 is 0 Å². The van der Waals surface area contributed by atoms with Crippen molar-refractivity contribution in [1.29, 1.82) is 0 Å². The van der Waals surface area contributed by atoms with E-state index in [1.165, 1.54) is 6.92 Å². The quantitative estimate of drug-likeness (QED) is 0.697. The van der Waals surface area contributed by atoms with Gasteiger partial charge in [0.25, 0.3) is 5.91 Å². The van der Waals surface area contributed by atoms with E-state index in [9.17, 15) is 9.59 Å². The minimum atomic E-state index is -0.187. The van der Waals surface area contributed by atoms with Gasteiger partial charge in [-0.15, -0.1) is 0 Å². The van der Waals surface area contributed by atoms with Crippen molar-refractivity contribution in [3.63, 3.8) is 0 Å². The first kappa shape index (κ1) is 16.3. The van der Waals surface area contributed by atoms with Gasteiger partial charge in [0.2, 0.25) is 0 Å². The van der Waals surface area contributed by atoms with Gasteiger partial charge >= 0.3 is 0 Å². The third-order valence-electron chi connectivity index (χ3n) is 4.07. The predicted molar refractivity (Wildman–Crippen MR) is 95.7 cm³/mol. The Labute approximate surface area is 144 Å². The first-order valence-electron chi connectivity index (χ1n) is 7.62. The molecule has 0 aliphatic heterocycles. The van der Waals surface area contributed by atoms with E-state index in [0.29, 0.717) is 22.8 Å². The standard InChI is InChI=1S/C19H17ClN2O2/c1-11-15-8-7-13(9-17(15)22-18(11)12(2)23)19(24)21-10-14-5-3-4-6-16(14)20/h3-9,22H,10H2,1-2H3,(H,21,24). The number of halogens is 1. The molecule has 1 heterocycles. The minimum Gasteiger partial charge on any atom is -0.352 e. The summed E-state index contributed by atoms with van der Waals surface area (Å²) in [5, 5.41) is 4.43. The number of hydrogen-bond donors (Lipinski definition) is 2. The van der Waals surface area contributed by atoms with Crippen LogP contribution in [0.1, 0.15) is 38.9 Å². The number of aromatic amines is 1. The SMILES string of the molecule is CC(=O)c1[nH]c2cc(C(=O)NCc3ccccc3Cl)ccc2c1C. The molecule has 0 fully saturated rings. The lowest BCUT2D eigenvalue weighted by Crippen LogP contribution is -2.22. The molecule has 3 rings (SSSR count). The Balaban J connectivity index is 1.82. The molecule has 0 radical (unpaired) electrons. The number of benzene rings is 2. The fraction of sp³-hybridized carbons (Fsp3) is 0.158. The van der Waals surface area contributed by atoms with E-state index in [1.54, 1.807) is 18.2 Å². The van der Waals surface area contributed by atoms with Crippen LogP contribution >= 0.6 is 11.6 Å². The summed E-state index contributed by atoms with van der Waals surface area (Å²) < 4.78 is 0. The summed E-state index contributed by atoms with van der Waals surface area (Å²) in [4.78, 5) is 27.1. The third kappa shape index (κ3) is 3.05. The highest BCUT2D eigenvalue weighted by atomic mass is 35.5. The van der Waals surface area contributed by atoms with E-state index in [1.807, 2.05) is 31.2 Å². The van der Waals surface area contributed by atoms with Crippen LogP contribution in [0.3, 0.4) is 0 Å². The Morgan fingerprint density at radius 3 is 2.62 bits per heavy atom. The Hall–Kier alpha value is -2.59. The van der Waals surface area contributed by atoms with Crippen LogP contribution in [0.15, 0.2) is 42.5 Å². The van der Waals surface area contributed by atoms with Gasteiger partial charge in [0, 0.05) is 35.0 Å². The van der Waals surface area contributed by atoms with E-state index in [-0.39, 0.29) is 11.7 Å². The lowest BCUT2D eigenvalue weighted by atomic mass is 10.1. The van der Waals surface area contributed by atoms with Crippen molar-refractivity contribution < 1.29 is 9.59 Å². The number of hydrogen-bond acceptors (Lipinski definition) is 2. The second-order valence-electron chi connectivity index (χ2n) is 5.72. The van der Waals surface area contributed by atoms with E-state index in [4.69, 9.17) is 11.6 Å². The molecule has 1 aromatic heterocycles. The normalized spacial score (nSPS) is 10.8. The van der Waals surface area contributed by atoms with Gasteiger partial charge < -0.3 is 10.3 Å². The molecular formula is C19H17ClN2O2. The summed E-state index contributed by atoms with van der Waals surface area (Å²) in [6, 6.07) is 12.8. The third-order valence-corrected chi connectivity index (χ3v) is 4.44. The first-order valence-corrected chi connectivity index (χ1v) is 8.00. The zero-order chi connectivity index (χ0) is 17.3. The van der Waals surface area contributed by atoms with Crippen LogP contribution in [0.2, 0.25) is 5.02 Å². The minimum absolute atomic E-state index is 0.0200. The number of carbonyl (C=O) groups excluding carboxylic acids is 2. The van der Waals surface area contributed by atoms with Crippen molar-refractivity contribution in [3.05, 3.63) is 69.9 Å². The number of aromatic nitrogens is 1. The van der Waals surface area contributed by atoms with Crippen LogP contribution in [0, 0.1) is 6.92 Å². The molecule has 24 heavy (non-hydrogen) atoms. The van der Waals surface area contributed by atoms with Crippen molar-refractivity contribution in [3.8, 4) is 0 Å². The Bertz CT molecular complexity index is 944. The van der Waals surface area contributed by atoms with Crippen LogP contribution in [-0.2, 0) is 6.54 Å². The van der Waals surface area contributed by atoms with Gasteiger partial charge in [-0.2, -0.15) is 0 Å². The Kier molecular flexibility index (Phi) is 4.40. The first-order chi connectivity index (χ1) is 11.5. The molecule has 122 valence electrons. The molecule has 0 saturated heterocycles. The summed E-state index contributed by atoms with van der Waals surface area (Å²) in [5.74, 6) is -0.207. The molecule has 5 heteroatoms. The topological polar surface area (TPSA) is 62.0 Å². The van der Waals surface area contributed by atoms with Crippen molar-refractivity contribution in [2.24, 2.45) is 0 Å². The average molecular weight is 341 g/mol. The Morgan fingerprint density at radius 1 is 1.17 bits per heavy atom. The van der Waals surface area contributed by atoms with Crippen molar-refractivity contribution in [1.82, 2.24) is 10.3 Å². The average Bonchev–Trinajstić information content (AvgIpc) is 2.90. The van der Waals surface area contributed by atoms with E-state index in [0.717, 1.165) is 22.0 Å². The predicted octanol–water partition coefficient (Wildman–Crippen LogP) is 4.26. The summed E-state index contributed by atoms with van der Waals surface area (Å²) in [6.07, 6.45) is 0. The molecule has 0 aliphatic rings. The number of H-pyrrole nitrogens is 1. The highest BCUT2D eigenvalue weighted by Gasteiger charge is 2.13. The van der Waals surface area contributed by atoms with Crippen LogP contribution < -0.4 is 5.32 Å². The molecule has 0 atom stereocenters. The van der Waals surface area contributed by atoms with E-state index in [2.05, 4.69) is 10.3 Å². The number of carbonyl (C=O) groups is 2. The molecule has 0 unspecified atom stereocenters. The van der Waals surface area contributed by atoms with Gasteiger partial charge in [-0.3, -0.25) is 9.59 Å². The van der Waals surface area contributed by atoms with Gasteiger partial charge in [0.1, 0.15) is 0 Å². The van der Waals surface area contributed by atoms with Gasteiger partial charge in [0.05, 0.1) is 5.69 Å². The number of Topliss-reactive ketones (excluding diaryl/α,β-unsaturated/α-hetero) is 1. The van der Waals surface area contributed by atoms with Crippen molar-refractivity contribution in [2.45, 2.75) is 20.4 Å². The van der Waals surface area contributed by atoms with Crippen LogP contribution in [0.25, 0.3) is 10.9 Å². The second kappa shape index (κ2) is 6.49. The largest absolute Gasteiger partial charge is 0.352 e. The summed E-state index contributed by atoms with van der Waals surface area (Å²) in [7, 11) is 0. The van der Waals surface area contributed by atoms with Gasteiger partial charge in [0.15, 0.2) is 5.78 Å². The van der Waals surface area contributed by atoms with Gasteiger partial charge in [-0.05, 0) is 36.2 Å². The zero-order valence-electron chi connectivity index (χ0n) is 13.4. The van der Waals surface area contributed by atoms with Crippen molar-refractivity contribution in [2.75, 3.05) is 0 Å².